The van der Waals surface area contributed by atoms with Gasteiger partial charge in [-0.2, -0.15) is 13.2 Å². The van der Waals surface area contributed by atoms with E-state index >= 15 is 0 Å². The second kappa shape index (κ2) is 6.93. The number of carbonyl (C=O) groups excluding carboxylic acids is 1. The zero-order valence-corrected chi connectivity index (χ0v) is 15.6. The Kier molecular flexibility index (Phi) is 5.04. The minimum absolute atomic E-state index is 0.104. The summed E-state index contributed by atoms with van der Waals surface area (Å²) in [4.78, 5) is 14.1. The van der Waals surface area contributed by atoms with Crippen LogP contribution in [0.15, 0.2) is 57.9 Å². The second-order valence-corrected chi connectivity index (χ2v) is 7.62. The predicted molar refractivity (Wildman–Crippen MR) is 101 cm³/mol. The number of alkyl halides is 3. The van der Waals surface area contributed by atoms with Gasteiger partial charge in [-0.3, -0.25) is 9.69 Å². The summed E-state index contributed by atoms with van der Waals surface area (Å²) in [7, 11) is 0. The summed E-state index contributed by atoms with van der Waals surface area (Å²) in [5, 5.41) is 0. The summed E-state index contributed by atoms with van der Waals surface area (Å²) in [6, 6.07) is 11.9. The first-order valence-electron chi connectivity index (χ1n) is 6.97. The van der Waals surface area contributed by atoms with Crippen molar-refractivity contribution in [3.8, 4) is 0 Å². The van der Waals surface area contributed by atoms with Crippen LogP contribution in [0.3, 0.4) is 0 Å². The molecule has 0 atom stereocenters. The van der Waals surface area contributed by atoms with E-state index in [0.29, 0.717) is 4.91 Å². The summed E-state index contributed by atoms with van der Waals surface area (Å²) in [5.74, 6) is -0.440. The van der Waals surface area contributed by atoms with Crippen molar-refractivity contribution < 1.29 is 18.0 Å². The number of amides is 1. The summed E-state index contributed by atoms with van der Waals surface area (Å²) in [6.07, 6.45) is -2.82. The molecule has 1 amide bonds. The number of halogens is 4. The van der Waals surface area contributed by atoms with Gasteiger partial charge in [-0.25, -0.2) is 0 Å². The Morgan fingerprint density at radius 2 is 1.84 bits per heavy atom. The molecule has 2 aromatic rings. The van der Waals surface area contributed by atoms with Gasteiger partial charge in [0.05, 0.1) is 16.2 Å². The lowest BCUT2D eigenvalue weighted by Crippen LogP contribution is -2.27. The number of thioether (sulfide) groups is 1. The summed E-state index contributed by atoms with van der Waals surface area (Å²) in [5.41, 5.74) is 0.0636. The maximum Gasteiger partial charge on any atom is 0.416 e. The SMILES string of the molecule is O=C1/C(=C/c2ccccc2Br)SC(=S)N1c1cccc(C(F)(F)F)c1. The first kappa shape index (κ1) is 18.2. The zero-order valence-electron chi connectivity index (χ0n) is 12.4. The van der Waals surface area contributed by atoms with E-state index in [4.69, 9.17) is 12.2 Å². The molecule has 1 saturated heterocycles. The van der Waals surface area contributed by atoms with Crippen LogP contribution in [-0.2, 0) is 11.0 Å². The molecule has 0 bridgehead atoms. The maximum absolute atomic E-state index is 12.9. The molecule has 1 fully saturated rings. The molecule has 25 heavy (non-hydrogen) atoms. The topological polar surface area (TPSA) is 20.3 Å². The number of hydrogen-bond donors (Lipinski definition) is 0. The van der Waals surface area contributed by atoms with Crippen molar-refractivity contribution in [1.82, 2.24) is 0 Å². The minimum atomic E-state index is -4.49. The zero-order chi connectivity index (χ0) is 18.2. The lowest BCUT2D eigenvalue weighted by atomic mass is 10.1. The summed E-state index contributed by atoms with van der Waals surface area (Å²) >= 11 is 9.65. The third-order valence-electron chi connectivity index (χ3n) is 3.42. The number of thiocarbonyl (C=S) groups is 1. The van der Waals surface area contributed by atoms with Gasteiger partial charge in [0.25, 0.3) is 5.91 Å². The fraction of sp³-hybridized carbons (Fsp3) is 0.0588. The van der Waals surface area contributed by atoms with Crippen LogP contribution in [0.1, 0.15) is 11.1 Å². The number of hydrogen-bond acceptors (Lipinski definition) is 3. The fourth-order valence-electron chi connectivity index (χ4n) is 2.25. The van der Waals surface area contributed by atoms with E-state index in [-0.39, 0.29) is 10.0 Å². The molecule has 0 unspecified atom stereocenters. The molecule has 1 aliphatic heterocycles. The van der Waals surface area contributed by atoms with Gasteiger partial charge in [0.2, 0.25) is 0 Å². The molecule has 3 rings (SSSR count). The van der Waals surface area contributed by atoms with Gasteiger partial charge in [-0.05, 0) is 35.9 Å². The van der Waals surface area contributed by atoms with Crippen LogP contribution in [0.5, 0.6) is 0 Å². The Morgan fingerprint density at radius 1 is 1.12 bits per heavy atom. The Bertz CT molecular complexity index is 895. The van der Waals surface area contributed by atoms with E-state index in [1.165, 1.54) is 12.1 Å². The van der Waals surface area contributed by atoms with E-state index in [9.17, 15) is 18.0 Å². The van der Waals surface area contributed by atoms with Crippen LogP contribution < -0.4 is 4.90 Å². The number of anilines is 1. The number of rotatable bonds is 2. The van der Waals surface area contributed by atoms with Crippen molar-refractivity contribution in [2.75, 3.05) is 4.90 Å². The molecular formula is C17H9BrF3NOS2. The maximum atomic E-state index is 12.9. The molecule has 0 aliphatic carbocycles. The smallest absolute Gasteiger partial charge is 0.268 e. The minimum Gasteiger partial charge on any atom is -0.268 e. The van der Waals surface area contributed by atoms with Gasteiger partial charge < -0.3 is 0 Å². The van der Waals surface area contributed by atoms with Crippen molar-refractivity contribution in [2.24, 2.45) is 0 Å². The van der Waals surface area contributed by atoms with Crippen LogP contribution in [-0.4, -0.2) is 10.2 Å². The molecule has 128 valence electrons. The predicted octanol–water partition coefficient (Wildman–Crippen LogP) is 5.87. The van der Waals surface area contributed by atoms with Gasteiger partial charge in [0.15, 0.2) is 4.32 Å². The number of nitrogens with zero attached hydrogens (tertiary/aromatic N) is 1. The van der Waals surface area contributed by atoms with Gasteiger partial charge in [-0.15, -0.1) is 0 Å². The third-order valence-corrected chi connectivity index (χ3v) is 5.44. The Hall–Kier alpha value is -1.64. The van der Waals surface area contributed by atoms with Crippen LogP contribution in [0.2, 0.25) is 0 Å². The average molecular weight is 444 g/mol. The van der Waals surface area contributed by atoms with Gasteiger partial charge in [-0.1, -0.05) is 64.2 Å². The molecule has 2 aromatic carbocycles. The molecule has 0 N–H and O–H groups in total. The van der Waals surface area contributed by atoms with Crippen LogP contribution in [0.25, 0.3) is 6.08 Å². The summed E-state index contributed by atoms with van der Waals surface area (Å²) in [6.45, 7) is 0. The van der Waals surface area contributed by atoms with E-state index < -0.39 is 17.6 Å². The molecule has 0 radical (unpaired) electrons. The highest BCUT2D eigenvalue weighted by molar-refractivity contribution is 9.10. The van der Waals surface area contributed by atoms with E-state index in [0.717, 1.165) is 38.8 Å². The normalized spacial score (nSPS) is 16.8. The highest BCUT2D eigenvalue weighted by Gasteiger charge is 2.36. The number of benzene rings is 2. The second-order valence-electron chi connectivity index (χ2n) is 5.09. The van der Waals surface area contributed by atoms with E-state index in [1.807, 2.05) is 24.3 Å². The lowest BCUT2D eigenvalue weighted by Gasteiger charge is -2.16. The Morgan fingerprint density at radius 3 is 2.52 bits per heavy atom. The lowest BCUT2D eigenvalue weighted by molar-refractivity contribution is -0.137. The molecule has 1 heterocycles. The third kappa shape index (κ3) is 3.80. The standard InChI is InChI=1S/C17H9BrF3NOS2/c18-13-7-2-1-4-10(13)8-14-15(23)22(16(24)25-14)12-6-3-5-11(9-12)17(19,20)21/h1-9H/b14-8-. The highest BCUT2D eigenvalue weighted by atomic mass is 79.9. The van der Waals surface area contributed by atoms with Crippen molar-refractivity contribution in [2.45, 2.75) is 6.18 Å². The van der Waals surface area contributed by atoms with Crippen molar-refractivity contribution in [3.05, 3.63) is 69.0 Å². The van der Waals surface area contributed by atoms with Crippen LogP contribution in [0.4, 0.5) is 18.9 Å². The molecule has 0 spiro atoms. The van der Waals surface area contributed by atoms with Crippen LogP contribution >= 0.6 is 39.9 Å². The quantitative estimate of drug-likeness (QED) is 0.427. The highest BCUT2D eigenvalue weighted by Crippen LogP contribution is 2.38. The average Bonchev–Trinajstić information content (AvgIpc) is 2.83. The molecular weight excluding hydrogens is 435 g/mol. The molecule has 2 nitrogen and oxygen atoms in total. The van der Waals surface area contributed by atoms with Crippen molar-refractivity contribution >= 4 is 61.9 Å². The molecule has 0 aromatic heterocycles. The van der Waals surface area contributed by atoms with E-state index in [2.05, 4.69) is 15.9 Å². The Labute approximate surface area is 159 Å². The molecule has 1 aliphatic rings. The monoisotopic (exact) mass is 443 g/mol. The fourth-order valence-corrected chi connectivity index (χ4v) is 3.93. The van der Waals surface area contributed by atoms with Crippen molar-refractivity contribution in [3.63, 3.8) is 0 Å². The molecule has 0 saturated carbocycles. The first-order valence-corrected chi connectivity index (χ1v) is 8.99. The Balaban J connectivity index is 1.96. The largest absolute Gasteiger partial charge is 0.416 e. The van der Waals surface area contributed by atoms with Gasteiger partial charge in [0.1, 0.15) is 0 Å². The van der Waals surface area contributed by atoms with Crippen LogP contribution in [0, 0.1) is 0 Å². The van der Waals surface area contributed by atoms with E-state index in [1.54, 1.807) is 6.08 Å². The number of carbonyl (C=O) groups is 1. The summed E-state index contributed by atoms with van der Waals surface area (Å²) < 4.78 is 39.7. The molecule has 8 heteroatoms. The van der Waals surface area contributed by atoms with Gasteiger partial charge in [0, 0.05) is 4.47 Å². The van der Waals surface area contributed by atoms with Crippen molar-refractivity contribution in [1.29, 1.82) is 0 Å². The first-order chi connectivity index (χ1) is 11.8. The van der Waals surface area contributed by atoms with Gasteiger partial charge >= 0.3 is 6.18 Å².